The second kappa shape index (κ2) is 7.31. The van der Waals surface area contributed by atoms with Crippen LogP contribution in [0.3, 0.4) is 0 Å². The molecule has 8 heteroatoms. The summed E-state index contributed by atoms with van der Waals surface area (Å²) in [5.41, 5.74) is 1.09. The van der Waals surface area contributed by atoms with Gasteiger partial charge in [0.15, 0.2) is 0 Å². The van der Waals surface area contributed by atoms with Gasteiger partial charge in [0, 0.05) is 24.0 Å². The van der Waals surface area contributed by atoms with Gasteiger partial charge in [-0.3, -0.25) is 9.59 Å². The zero-order valence-corrected chi connectivity index (χ0v) is 16.2. The Morgan fingerprint density at radius 2 is 1.76 bits per heavy atom. The molecule has 1 fully saturated rings. The number of carbonyl (C=O) groups is 2. The fourth-order valence-electron chi connectivity index (χ4n) is 3.55. The molecule has 1 heterocycles. The van der Waals surface area contributed by atoms with Crippen molar-refractivity contribution in [3.05, 3.63) is 66.7 Å². The van der Waals surface area contributed by atoms with Crippen LogP contribution in [-0.2, 0) is 19.6 Å². The van der Waals surface area contributed by atoms with Crippen LogP contribution < -0.4 is 15.4 Å². The molecule has 1 unspecified atom stereocenters. The lowest BCUT2D eigenvalue weighted by Crippen LogP contribution is -2.28. The highest BCUT2D eigenvalue weighted by atomic mass is 32.2. The van der Waals surface area contributed by atoms with Crippen molar-refractivity contribution in [3.63, 3.8) is 0 Å². The van der Waals surface area contributed by atoms with Crippen molar-refractivity contribution in [2.75, 3.05) is 16.8 Å². The van der Waals surface area contributed by atoms with E-state index in [1.54, 1.807) is 11.0 Å². The van der Waals surface area contributed by atoms with E-state index in [9.17, 15) is 18.0 Å². The predicted octanol–water partition coefficient (Wildman–Crippen LogP) is 2.48. The summed E-state index contributed by atoms with van der Waals surface area (Å²) in [6.07, 6.45) is 0.0872. The molecule has 1 aliphatic heterocycles. The van der Waals surface area contributed by atoms with Gasteiger partial charge in [0.25, 0.3) is 0 Å². The number of nitrogens with zero attached hydrogens (tertiary/aromatic N) is 1. The van der Waals surface area contributed by atoms with Gasteiger partial charge in [-0.05, 0) is 29.7 Å². The number of fused-ring (bicyclic) bond motifs is 1. The fraction of sp³-hybridized carbons (Fsp3) is 0.143. The van der Waals surface area contributed by atoms with E-state index in [1.165, 1.54) is 18.2 Å². The topological polar surface area (TPSA) is 110 Å². The van der Waals surface area contributed by atoms with E-state index >= 15 is 0 Å². The van der Waals surface area contributed by atoms with Crippen molar-refractivity contribution in [3.8, 4) is 0 Å². The second-order valence-corrected chi connectivity index (χ2v) is 8.53. The molecule has 0 spiro atoms. The van der Waals surface area contributed by atoms with E-state index in [0.29, 0.717) is 5.69 Å². The van der Waals surface area contributed by atoms with Gasteiger partial charge in [-0.15, -0.1) is 0 Å². The smallest absolute Gasteiger partial charge is 0.238 e. The predicted molar refractivity (Wildman–Crippen MR) is 111 cm³/mol. The minimum absolute atomic E-state index is 0.0872. The lowest BCUT2D eigenvalue weighted by molar-refractivity contribution is -0.122. The van der Waals surface area contributed by atoms with Crippen molar-refractivity contribution < 1.29 is 18.0 Å². The van der Waals surface area contributed by atoms with Crippen molar-refractivity contribution in [1.29, 1.82) is 0 Å². The largest absolute Gasteiger partial charge is 0.326 e. The van der Waals surface area contributed by atoms with Gasteiger partial charge in [-0.25, -0.2) is 13.6 Å². The van der Waals surface area contributed by atoms with Gasteiger partial charge >= 0.3 is 0 Å². The lowest BCUT2D eigenvalue weighted by Gasteiger charge is -2.19. The molecule has 3 N–H and O–H groups in total. The molecule has 7 nitrogen and oxygen atoms in total. The monoisotopic (exact) mass is 409 g/mol. The molecule has 3 aromatic rings. The molecule has 3 aromatic carbocycles. The Morgan fingerprint density at radius 1 is 1.03 bits per heavy atom. The molecular weight excluding hydrogens is 390 g/mol. The molecule has 0 aromatic heterocycles. The van der Waals surface area contributed by atoms with E-state index in [1.807, 2.05) is 42.5 Å². The van der Waals surface area contributed by atoms with Gasteiger partial charge in [-0.1, -0.05) is 42.5 Å². The minimum Gasteiger partial charge on any atom is -0.326 e. The zero-order chi connectivity index (χ0) is 20.6. The van der Waals surface area contributed by atoms with Crippen LogP contribution in [0.2, 0.25) is 0 Å². The van der Waals surface area contributed by atoms with Gasteiger partial charge in [0.05, 0.1) is 16.5 Å². The second-order valence-electron chi connectivity index (χ2n) is 6.97. The number of hydrogen-bond donors (Lipinski definition) is 2. The van der Waals surface area contributed by atoms with Crippen LogP contribution in [0.25, 0.3) is 10.8 Å². The fourth-order valence-corrected chi connectivity index (χ4v) is 4.11. The zero-order valence-electron chi connectivity index (χ0n) is 15.4. The average molecular weight is 409 g/mol. The highest BCUT2D eigenvalue weighted by Crippen LogP contribution is 2.32. The third-order valence-electron chi connectivity index (χ3n) is 4.98. The van der Waals surface area contributed by atoms with Gasteiger partial charge in [-0.2, -0.15) is 0 Å². The lowest BCUT2D eigenvalue weighted by atomic mass is 10.1. The molecule has 1 aliphatic rings. The number of benzene rings is 3. The first kappa shape index (κ1) is 19.1. The summed E-state index contributed by atoms with van der Waals surface area (Å²) in [7, 11) is -3.87. The van der Waals surface area contributed by atoms with E-state index in [4.69, 9.17) is 5.14 Å². The van der Waals surface area contributed by atoms with Crippen molar-refractivity contribution in [1.82, 2.24) is 0 Å². The van der Waals surface area contributed by atoms with Crippen LogP contribution in [0.15, 0.2) is 71.6 Å². The Kier molecular flexibility index (Phi) is 4.81. The molecule has 0 radical (unpaired) electrons. The molecule has 1 saturated heterocycles. The number of amides is 2. The van der Waals surface area contributed by atoms with E-state index in [0.717, 1.165) is 16.5 Å². The summed E-state index contributed by atoms with van der Waals surface area (Å²) in [6, 6.07) is 19.2. The molecule has 0 saturated carbocycles. The van der Waals surface area contributed by atoms with Crippen LogP contribution in [0.1, 0.15) is 6.42 Å². The average Bonchev–Trinajstić information content (AvgIpc) is 3.09. The number of primary sulfonamides is 1. The Bertz CT molecular complexity index is 1220. The highest BCUT2D eigenvalue weighted by molar-refractivity contribution is 7.89. The van der Waals surface area contributed by atoms with Crippen LogP contribution in [-0.4, -0.2) is 26.8 Å². The molecule has 29 heavy (non-hydrogen) atoms. The number of hydrogen-bond acceptors (Lipinski definition) is 4. The van der Waals surface area contributed by atoms with Crippen LogP contribution in [0.5, 0.6) is 0 Å². The maximum Gasteiger partial charge on any atom is 0.238 e. The summed E-state index contributed by atoms with van der Waals surface area (Å²) < 4.78 is 23.0. The van der Waals surface area contributed by atoms with Crippen LogP contribution in [0.4, 0.5) is 11.4 Å². The first-order valence-corrected chi connectivity index (χ1v) is 10.6. The first-order chi connectivity index (χ1) is 13.8. The molecule has 4 rings (SSSR count). The number of rotatable bonds is 4. The number of sulfonamides is 1. The van der Waals surface area contributed by atoms with E-state index in [-0.39, 0.29) is 29.7 Å². The first-order valence-electron chi connectivity index (χ1n) is 9.05. The molecule has 0 aliphatic carbocycles. The summed E-state index contributed by atoms with van der Waals surface area (Å²) in [5, 5.41) is 9.79. The normalized spacial score (nSPS) is 16.9. The number of nitrogens with two attached hydrogens (primary N) is 1. The summed E-state index contributed by atoms with van der Waals surface area (Å²) >= 11 is 0. The third kappa shape index (κ3) is 3.85. The Hall–Kier alpha value is -3.23. The molecule has 148 valence electrons. The SMILES string of the molecule is NS(=O)(=O)c1cccc(NC(=O)C2CC(=O)N(c3cccc4ccccc34)C2)c1. The van der Waals surface area contributed by atoms with Gasteiger partial charge in [0.2, 0.25) is 21.8 Å². The quantitative estimate of drug-likeness (QED) is 0.690. The maximum absolute atomic E-state index is 12.7. The Labute approximate surface area is 168 Å². The highest BCUT2D eigenvalue weighted by Gasteiger charge is 2.35. The minimum atomic E-state index is -3.87. The van der Waals surface area contributed by atoms with Crippen LogP contribution in [0, 0.1) is 5.92 Å². The summed E-state index contributed by atoms with van der Waals surface area (Å²) in [6.45, 7) is 0.257. The Morgan fingerprint density at radius 3 is 2.55 bits per heavy atom. The standard InChI is InChI=1S/C21H19N3O4S/c22-29(27,28)17-8-4-7-16(12-17)23-21(26)15-11-20(25)24(13-15)19-10-3-6-14-5-1-2-9-18(14)19/h1-10,12,15H,11,13H2,(H,23,26)(H2,22,27,28). The Balaban J connectivity index is 1.54. The number of nitrogens with one attached hydrogen (secondary N) is 1. The third-order valence-corrected chi connectivity index (χ3v) is 5.89. The van der Waals surface area contributed by atoms with Crippen LogP contribution >= 0.6 is 0 Å². The molecule has 0 bridgehead atoms. The van der Waals surface area contributed by atoms with Gasteiger partial charge < -0.3 is 10.2 Å². The summed E-state index contributed by atoms with van der Waals surface area (Å²) in [5.74, 6) is -1.01. The van der Waals surface area contributed by atoms with Crippen molar-refractivity contribution >= 4 is 44.0 Å². The van der Waals surface area contributed by atoms with E-state index < -0.39 is 15.9 Å². The molecule has 2 amide bonds. The number of carbonyl (C=O) groups excluding carboxylic acids is 2. The molecule has 1 atom stereocenters. The summed E-state index contributed by atoms with van der Waals surface area (Å²) in [4.78, 5) is 26.9. The van der Waals surface area contributed by atoms with E-state index in [2.05, 4.69) is 5.32 Å². The number of anilines is 2. The van der Waals surface area contributed by atoms with Crippen molar-refractivity contribution in [2.24, 2.45) is 11.1 Å². The van der Waals surface area contributed by atoms with Gasteiger partial charge in [0.1, 0.15) is 0 Å². The molecular formula is C21H19N3O4S. The van der Waals surface area contributed by atoms with Crippen molar-refractivity contribution in [2.45, 2.75) is 11.3 Å². The maximum atomic E-state index is 12.7.